The van der Waals surface area contributed by atoms with Crippen LogP contribution in [0.2, 0.25) is 0 Å². The van der Waals surface area contributed by atoms with E-state index >= 15 is 0 Å². The summed E-state index contributed by atoms with van der Waals surface area (Å²) in [5.41, 5.74) is 5.72. The van der Waals surface area contributed by atoms with Gasteiger partial charge in [0.15, 0.2) is 5.79 Å². The van der Waals surface area contributed by atoms with Crippen molar-refractivity contribution in [2.24, 2.45) is 5.73 Å². The van der Waals surface area contributed by atoms with Gasteiger partial charge in [0, 0.05) is 18.9 Å². The maximum atomic E-state index is 9.39. The van der Waals surface area contributed by atoms with Gasteiger partial charge in [-0.15, -0.1) is 0 Å². The van der Waals surface area contributed by atoms with Crippen molar-refractivity contribution in [3.05, 3.63) is 0 Å². The predicted octanol–water partition coefficient (Wildman–Crippen LogP) is -0.398. The van der Waals surface area contributed by atoms with Gasteiger partial charge in [0.1, 0.15) is 0 Å². The van der Waals surface area contributed by atoms with Gasteiger partial charge in [-0.1, -0.05) is 0 Å². The molecule has 70 valence electrons. The van der Waals surface area contributed by atoms with Gasteiger partial charge in [0.05, 0.1) is 19.3 Å². The molecule has 2 aliphatic rings. The van der Waals surface area contributed by atoms with Gasteiger partial charge < -0.3 is 20.3 Å². The smallest absolute Gasteiger partial charge is 0.170 e. The minimum atomic E-state index is -0.460. The molecule has 1 saturated carbocycles. The Kier molecular flexibility index (Phi) is 2.08. The fourth-order valence-corrected chi connectivity index (χ4v) is 1.94. The molecule has 1 spiro atoms. The van der Waals surface area contributed by atoms with Gasteiger partial charge >= 0.3 is 0 Å². The fraction of sp³-hybridized carbons (Fsp3) is 1.00. The number of hydrogen-bond donors (Lipinski definition) is 2. The topological polar surface area (TPSA) is 64.7 Å². The highest BCUT2D eigenvalue weighted by Gasteiger charge is 2.43. The van der Waals surface area contributed by atoms with E-state index in [4.69, 9.17) is 15.2 Å². The molecule has 1 heterocycles. The molecule has 0 aromatic heterocycles. The molecule has 4 nitrogen and oxygen atoms in total. The Morgan fingerprint density at radius 2 is 2.00 bits per heavy atom. The number of aliphatic hydroxyl groups is 1. The Bertz CT molecular complexity index is 168. The lowest BCUT2D eigenvalue weighted by atomic mass is 9.88. The van der Waals surface area contributed by atoms with E-state index in [-0.39, 0.29) is 12.1 Å². The number of hydrogen-bond acceptors (Lipinski definition) is 4. The summed E-state index contributed by atoms with van der Waals surface area (Å²) in [7, 11) is 0. The first-order valence-electron chi connectivity index (χ1n) is 4.43. The van der Waals surface area contributed by atoms with Crippen LogP contribution >= 0.6 is 0 Å². The van der Waals surface area contributed by atoms with Crippen molar-refractivity contribution in [1.29, 1.82) is 0 Å². The normalized spacial score (nSPS) is 40.5. The van der Waals surface area contributed by atoms with Crippen molar-refractivity contribution < 1.29 is 14.6 Å². The zero-order valence-electron chi connectivity index (χ0n) is 7.03. The Morgan fingerprint density at radius 1 is 1.33 bits per heavy atom. The van der Waals surface area contributed by atoms with Crippen molar-refractivity contribution >= 4 is 0 Å². The highest BCUT2D eigenvalue weighted by molar-refractivity contribution is 4.89. The van der Waals surface area contributed by atoms with Crippen LogP contribution < -0.4 is 5.73 Å². The summed E-state index contributed by atoms with van der Waals surface area (Å²) >= 11 is 0. The summed E-state index contributed by atoms with van der Waals surface area (Å²) in [5.74, 6) is -0.460. The van der Waals surface area contributed by atoms with E-state index in [0.717, 1.165) is 6.42 Å². The second-order valence-electron chi connectivity index (χ2n) is 3.58. The van der Waals surface area contributed by atoms with Crippen LogP contribution in [0.25, 0.3) is 0 Å². The van der Waals surface area contributed by atoms with Gasteiger partial charge in [0.2, 0.25) is 0 Å². The summed E-state index contributed by atoms with van der Waals surface area (Å²) in [4.78, 5) is 0. The lowest BCUT2D eigenvalue weighted by molar-refractivity contribution is -0.191. The first-order chi connectivity index (χ1) is 5.72. The molecule has 0 unspecified atom stereocenters. The molecule has 1 saturated heterocycles. The lowest BCUT2D eigenvalue weighted by Crippen LogP contribution is -2.49. The van der Waals surface area contributed by atoms with Crippen LogP contribution in [0.5, 0.6) is 0 Å². The van der Waals surface area contributed by atoms with E-state index in [9.17, 15) is 5.11 Å². The quantitative estimate of drug-likeness (QED) is 0.523. The summed E-state index contributed by atoms with van der Waals surface area (Å²) < 4.78 is 11.0. The predicted molar refractivity (Wildman–Crippen MR) is 42.5 cm³/mol. The van der Waals surface area contributed by atoms with E-state index in [2.05, 4.69) is 0 Å². The Balaban J connectivity index is 2.01. The second-order valence-corrected chi connectivity index (χ2v) is 3.58. The third-order valence-corrected chi connectivity index (χ3v) is 2.68. The molecule has 4 heteroatoms. The van der Waals surface area contributed by atoms with E-state index in [0.29, 0.717) is 26.1 Å². The van der Waals surface area contributed by atoms with Gasteiger partial charge in [-0.05, 0) is 6.42 Å². The van der Waals surface area contributed by atoms with Gasteiger partial charge in [-0.3, -0.25) is 0 Å². The third-order valence-electron chi connectivity index (χ3n) is 2.68. The zero-order chi connectivity index (χ0) is 8.60. The number of nitrogens with two attached hydrogens (primary N) is 1. The second kappa shape index (κ2) is 2.96. The lowest BCUT2D eigenvalue weighted by Gasteiger charge is -2.37. The molecule has 12 heavy (non-hydrogen) atoms. The molecule has 2 fully saturated rings. The Hall–Kier alpha value is -0.160. The number of rotatable bonds is 0. The van der Waals surface area contributed by atoms with Crippen LogP contribution in [0.4, 0.5) is 0 Å². The van der Waals surface area contributed by atoms with Crippen molar-refractivity contribution in [1.82, 2.24) is 0 Å². The third kappa shape index (κ3) is 1.35. The van der Waals surface area contributed by atoms with Gasteiger partial charge in [-0.25, -0.2) is 0 Å². The highest BCUT2D eigenvalue weighted by atomic mass is 16.7. The fourth-order valence-electron chi connectivity index (χ4n) is 1.94. The van der Waals surface area contributed by atoms with E-state index in [1.165, 1.54) is 0 Å². The summed E-state index contributed by atoms with van der Waals surface area (Å²) in [5, 5.41) is 9.39. The van der Waals surface area contributed by atoms with Crippen LogP contribution in [-0.4, -0.2) is 36.3 Å². The average Bonchev–Trinajstić information content (AvgIpc) is 2.47. The van der Waals surface area contributed by atoms with Gasteiger partial charge in [0.25, 0.3) is 0 Å². The first-order valence-corrected chi connectivity index (χ1v) is 4.43. The van der Waals surface area contributed by atoms with E-state index < -0.39 is 5.79 Å². The van der Waals surface area contributed by atoms with Crippen molar-refractivity contribution in [3.8, 4) is 0 Å². The molecule has 0 radical (unpaired) electrons. The maximum absolute atomic E-state index is 9.39. The summed E-state index contributed by atoms with van der Waals surface area (Å²) in [6.45, 7) is 1.31. The summed E-state index contributed by atoms with van der Waals surface area (Å²) in [6, 6.07) is -0.197. The monoisotopic (exact) mass is 173 g/mol. The van der Waals surface area contributed by atoms with Crippen molar-refractivity contribution in [2.45, 2.75) is 37.2 Å². The molecule has 0 aromatic rings. The molecule has 2 rings (SSSR count). The van der Waals surface area contributed by atoms with Crippen LogP contribution in [0.15, 0.2) is 0 Å². The largest absolute Gasteiger partial charge is 0.392 e. The number of ether oxygens (including phenoxy) is 2. The molecule has 1 aliphatic heterocycles. The van der Waals surface area contributed by atoms with Crippen LogP contribution in [-0.2, 0) is 9.47 Å². The molecule has 1 aliphatic carbocycles. The van der Waals surface area contributed by atoms with E-state index in [1.807, 2.05) is 0 Å². The standard InChI is InChI=1S/C8H15NO3/c9-6-5-8(2-1-7(6)10)11-3-4-12-8/h6-7,10H,1-5,9H2/t6-,7-/m1/s1. The SMILES string of the molecule is N[C@@H]1CC2(CC[C@H]1O)OCCO2. The molecule has 3 N–H and O–H groups in total. The molecule has 0 aromatic carbocycles. The molecule has 2 atom stereocenters. The van der Waals surface area contributed by atoms with Crippen molar-refractivity contribution in [2.75, 3.05) is 13.2 Å². The van der Waals surface area contributed by atoms with Crippen LogP contribution in [0, 0.1) is 0 Å². The zero-order valence-corrected chi connectivity index (χ0v) is 7.03. The van der Waals surface area contributed by atoms with Crippen molar-refractivity contribution in [3.63, 3.8) is 0 Å². The van der Waals surface area contributed by atoms with Crippen LogP contribution in [0.3, 0.4) is 0 Å². The minimum Gasteiger partial charge on any atom is -0.392 e. The molecule has 0 amide bonds. The minimum absolute atomic E-state index is 0.197. The maximum Gasteiger partial charge on any atom is 0.170 e. The highest BCUT2D eigenvalue weighted by Crippen LogP contribution is 2.35. The number of aliphatic hydroxyl groups excluding tert-OH is 1. The van der Waals surface area contributed by atoms with E-state index in [1.54, 1.807) is 0 Å². The van der Waals surface area contributed by atoms with Crippen LogP contribution in [0.1, 0.15) is 19.3 Å². The Labute approximate surface area is 71.6 Å². The first kappa shape index (κ1) is 8.44. The molecular weight excluding hydrogens is 158 g/mol. The molecule has 0 bridgehead atoms. The average molecular weight is 173 g/mol. The Morgan fingerprint density at radius 3 is 2.58 bits per heavy atom. The molecular formula is C8H15NO3. The van der Waals surface area contributed by atoms with Gasteiger partial charge in [-0.2, -0.15) is 0 Å². The summed E-state index contributed by atoms with van der Waals surface area (Å²) in [6.07, 6.45) is 1.68.